The van der Waals surface area contributed by atoms with E-state index in [1.165, 1.54) is 14.2 Å². The molecule has 0 radical (unpaired) electrons. The number of methoxy groups -OCH3 is 2. The highest BCUT2D eigenvalue weighted by molar-refractivity contribution is 4.81. The van der Waals surface area contributed by atoms with E-state index in [-0.39, 0.29) is 12.7 Å². The van der Waals surface area contributed by atoms with Crippen molar-refractivity contribution in [3.8, 4) is 0 Å². The monoisotopic (exact) mass is 192 g/mol. The molecule has 78 valence electrons. The van der Waals surface area contributed by atoms with Crippen LogP contribution in [0.15, 0.2) is 0 Å². The zero-order chi connectivity index (χ0) is 9.84. The van der Waals surface area contributed by atoms with Gasteiger partial charge >= 0.3 is 0 Å². The Kier molecular flexibility index (Phi) is 4.08. The minimum Gasteiger partial charge on any atom is -0.394 e. The summed E-state index contributed by atoms with van der Waals surface area (Å²) in [6.07, 6.45) is -1.63. The first kappa shape index (κ1) is 10.9. The molecular weight excluding hydrogens is 176 g/mol. The highest BCUT2D eigenvalue weighted by atomic mass is 16.7. The predicted molar refractivity (Wildman–Crippen MR) is 44.2 cm³/mol. The van der Waals surface area contributed by atoms with E-state index in [0.29, 0.717) is 6.42 Å². The molecule has 0 aromatic carbocycles. The number of rotatable bonds is 3. The van der Waals surface area contributed by atoms with Gasteiger partial charge in [0, 0.05) is 20.6 Å². The summed E-state index contributed by atoms with van der Waals surface area (Å²) in [6.45, 7) is -0.211. The quantitative estimate of drug-likeness (QED) is 0.607. The van der Waals surface area contributed by atoms with Gasteiger partial charge in [0.25, 0.3) is 0 Å². The van der Waals surface area contributed by atoms with Crippen LogP contribution in [0.4, 0.5) is 0 Å². The van der Waals surface area contributed by atoms with Crippen LogP contribution in [0, 0.1) is 0 Å². The van der Waals surface area contributed by atoms with Crippen LogP contribution in [0.25, 0.3) is 0 Å². The second kappa shape index (κ2) is 4.88. The Bertz CT molecular complexity index is 151. The Morgan fingerprint density at radius 2 is 2.08 bits per heavy atom. The Morgan fingerprint density at radius 1 is 1.38 bits per heavy atom. The van der Waals surface area contributed by atoms with Crippen molar-refractivity contribution in [3.05, 3.63) is 0 Å². The van der Waals surface area contributed by atoms with E-state index in [1.54, 1.807) is 0 Å². The van der Waals surface area contributed by atoms with Crippen molar-refractivity contribution >= 4 is 0 Å². The van der Waals surface area contributed by atoms with Gasteiger partial charge in [-0.3, -0.25) is 0 Å². The Balaban J connectivity index is 2.54. The van der Waals surface area contributed by atoms with Crippen molar-refractivity contribution < 1.29 is 24.4 Å². The lowest BCUT2D eigenvalue weighted by atomic mass is 10.0. The Hall–Kier alpha value is -0.200. The molecule has 1 saturated heterocycles. The summed E-state index contributed by atoms with van der Waals surface area (Å²) in [5, 5.41) is 18.3. The molecule has 2 N–H and O–H groups in total. The minimum atomic E-state index is -0.693. The lowest BCUT2D eigenvalue weighted by Gasteiger charge is -2.37. The molecule has 1 aliphatic heterocycles. The SMILES string of the molecule is COC1CC(O)C(CO)OC1OC. The fourth-order valence-electron chi connectivity index (χ4n) is 1.43. The van der Waals surface area contributed by atoms with Gasteiger partial charge in [-0.1, -0.05) is 0 Å². The second-order valence-corrected chi connectivity index (χ2v) is 3.04. The minimum absolute atomic E-state index is 0.211. The standard InChI is InChI=1S/C8H16O5/c1-11-6-3-5(10)7(4-9)13-8(6)12-2/h5-10H,3-4H2,1-2H3. The molecule has 0 spiro atoms. The van der Waals surface area contributed by atoms with Crippen molar-refractivity contribution in [2.75, 3.05) is 20.8 Å². The molecule has 0 bridgehead atoms. The number of hydrogen-bond acceptors (Lipinski definition) is 5. The van der Waals surface area contributed by atoms with E-state index in [2.05, 4.69) is 0 Å². The number of ether oxygens (including phenoxy) is 3. The average molecular weight is 192 g/mol. The zero-order valence-electron chi connectivity index (χ0n) is 7.84. The average Bonchev–Trinajstić information content (AvgIpc) is 2.17. The van der Waals surface area contributed by atoms with Crippen LogP contribution < -0.4 is 0 Å². The van der Waals surface area contributed by atoms with Gasteiger partial charge in [-0.2, -0.15) is 0 Å². The molecule has 0 aliphatic carbocycles. The molecule has 0 amide bonds. The first-order valence-corrected chi connectivity index (χ1v) is 4.23. The Labute approximate surface area is 77.2 Å². The van der Waals surface area contributed by atoms with Crippen LogP contribution in [0.2, 0.25) is 0 Å². The molecule has 4 atom stereocenters. The predicted octanol–water partition coefficient (Wildman–Crippen LogP) is -0.884. The van der Waals surface area contributed by atoms with Crippen LogP contribution in [-0.2, 0) is 14.2 Å². The van der Waals surface area contributed by atoms with Crippen molar-refractivity contribution in [1.29, 1.82) is 0 Å². The largest absolute Gasteiger partial charge is 0.394 e. The van der Waals surface area contributed by atoms with Crippen molar-refractivity contribution in [2.45, 2.75) is 31.0 Å². The van der Waals surface area contributed by atoms with Crippen LogP contribution in [0.1, 0.15) is 6.42 Å². The molecule has 5 nitrogen and oxygen atoms in total. The van der Waals surface area contributed by atoms with E-state index in [1.807, 2.05) is 0 Å². The molecule has 1 heterocycles. The Morgan fingerprint density at radius 3 is 2.54 bits per heavy atom. The van der Waals surface area contributed by atoms with Crippen LogP contribution in [-0.4, -0.2) is 55.6 Å². The highest BCUT2D eigenvalue weighted by Gasteiger charge is 2.36. The number of aliphatic hydroxyl groups excluding tert-OH is 2. The van der Waals surface area contributed by atoms with Gasteiger partial charge in [0.2, 0.25) is 0 Å². The maximum atomic E-state index is 9.46. The van der Waals surface area contributed by atoms with Gasteiger partial charge in [0.15, 0.2) is 6.29 Å². The molecule has 0 aromatic heterocycles. The fraction of sp³-hybridized carbons (Fsp3) is 1.00. The summed E-state index contributed by atoms with van der Waals surface area (Å²) >= 11 is 0. The number of aliphatic hydroxyl groups is 2. The third-order valence-electron chi connectivity index (χ3n) is 2.23. The van der Waals surface area contributed by atoms with Gasteiger partial charge in [0.1, 0.15) is 12.2 Å². The highest BCUT2D eigenvalue weighted by Crippen LogP contribution is 2.22. The van der Waals surface area contributed by atoms with E-state index < -0.39 is 18.5 Å². The van der Waals surface area contributed by atoms with Crippen molar-refractivity contribution in [3.63, 3.8) is 0 Å². The summed E-state index contributed by atoms with van der Waals surface area (Å²) in [6, 6.07) is 0. The smallest absolute Gasteiger partial charge is 0.183 e. The summed E-state index contributed by atoms with van der Waals surface area (Å²) in [5.74, 6) is 0. The van der Waals surface area contributed by atoms with Gasteiger partial charge in [-0.15, -0.1) is 0 Å². The van der Waals surface area contributed by atoms with Crippen molar-refractivity contribution in [1.82, 2.24) is 0 Å². The molecule has 0 saturated carbocycles. The topological polar surface area (TPSA) is 68.2 Å². The van der Waals surface area contributed by atoms with Gasteiger partial charge in [-0.05, 0) is 0 Å². The summed E-state index contributed by atoms with van der Waals surface area (Å²) < 4.78 is 15.3. The fourth-order valence-corrected chi connectivity index (χ4v) is 1.43. The molecule has 0 aromatic rings. The normalized spacial score (nSPS) is 40.6. The van der Waals surface area contributed by atoms with Gasteiger partial charge in [0.05, 0.1) is 12.7 Å². The second-order valence-electron chi connectivity index (χ2n) is 3.04. The van der Waals surface area contributed by atoms with E-state index in [9.17, 15) is 5.11 Å². The number of hydrogen-bond donors (Lipinski definition) is 2. The lowest BCUT2D eigenvalue weighted by molar-refractivity contribution is -0.266. The van der Waals surface area contributed by atoms with Crippen LogP contribution in [0.5, 0.6) is 0 Å². The zero-order valence-corrected chi connectivity index (χ0v) is 7.84. The molecule has 1 aliphatic rings. The third kappa shape index (κ3) is 2.38. The summed E-state index contributed by atoms with van der Waals surface area (Å²) in [4.78, 5) is 0. The van der Waals surface area contributed by atoms with E-state index >= 15 is 0 Å². The van der Waals surface area contributed by atoms with Crippen LogP contribution >= 0.6 is 0 Å². The van der Waals surface area contributed by atoms with Gasteiger partial charge < -0.3 is 24.4 Å². The molecule has 4 unspecified atom stereocenters. The van der Waals surface area contributed by atoms with E-state index in [4.69, 9.17) is 19.3 Å². The first-order chi connectivity index (χ1) is 6.22. The maximum Gasteiger partial charge on any atom is 0.183 e. The molecule has 1 rings (SSSR count). The summed E-state index contributed by atoms with van der Waals surface area (Å²) in [5.41, 5.74) is 0. The van der Waals surface area contributed by atoms with Crippen molar-refractivity contribution in [2.24, 2.45) is 0 Å². The molecular formula is C8H16O5. The maximum absolute atomic E-state index is 9.46. The molecule has 1 fully saturated rings. The van der Waals surface area contributed by atoms with Crippen LogP contribution in [0.3, 0.4) is 0 Å². The molecule has 5 heteroatoms. The lowest BCUT2D eigenvalue weighted by Crippen LogP contribution is -2.50. The molecule has 13 heavy (non-hydrogen) atoms. The third-order valence-corrected chi connectivity index (χ3v) is 2.23. The van der Waals surface area contributed by atoms with E-state index in [0.717, 1.165) is 0 Å². The first-order valence-electron chi connectivity index (χ1n) is 4.23. The van der Waals surface area contributed by atoms with Gasteiger partial charge in [-0.25, -0.2) is 0 Å². The summed E-state index contributed by atoms with van der Waals surface area (Å²) in [7, 11) is 3.04.